The first-order valence-corrected chi connectivity index (χ1v) is 8.35. The predicted molar refractivity (Wildman–Crippen MR) is 91.2 cm³/mol. The lowest BCUT2D eigenvalue weighted by molar-refractivity contribution is -0.148. The second-order valence-corrected chi connectivity index (χ2v) is 5.35. The standard InChI is InChI=1S/C18H27NO5/c1-3-4-5-12-19-17(20)14-24-18(21)7-6-13-23-16-10-8-15(22-2)9-11-16/h8-11H,3-7,12-14H2,1-2H3,(H,19,20). The maximum Gasteiger partial charge on any atom is 0.306 e. The van der Waals surface area contributed by atoms with Gasteiger partial charge in [0, 0.05) is 13.0 Å². The molecular formula is C18H27NO5. The number of carbonyl (C=O) groups is 2. The van der Waals surface area contributed by atoms with E-state index in [0.717, 1.165) is 30.8 Å². The number of hydrogen-bond donors (Lipinski definition) is 1. The van der Waals surface area contributed by atoms with E-state index in [0.29, 0.717) is 19.6 Å². The summed E-state index contributed by atoms with van der Waals surface area (Å²) >= 11 is 0. The molecule has 0 radical (unpaired) electrons. The number of benzene rings is 1. The van der Waals surface area contributed by atoms with Crippen molar-refractivity contribution in [2.75, 3.05) is 26.9 Å². The maximum atomic E-state index is 11.5. The molecule has 0 aliphatic rings. The minimum Gasteiger partial charge on any atom is -0.497 e. The fourth-order valence-electron chi connectivity index (χ4n) is 1.95. The van der Waals surface area contributed by atoms with E-state index >= 15 is 0 Å². The number of unbranched alkanes of at least 4 members (excludes halogenated alkanes) is 2. The Morgan fingerprint density at radius 2 is 1.75 bits per heavy atom. The Morgan fingerprint density at radius 3 is 2.42 bits per heavy atom. The number of amides is 1. The van der Waals surface area contributed by atoms with Crippen molar-refractivity contribution < 1.29 is 23.8 Å². The van der Waals surface area contributed by atoms with Crippen LogP contribution in [0.3, 0.4) is 0 Å². The van der Waals surface area contributed by atoms with Crippen molar-refractivity contribution >= 4 is 11.9 Å². The Balaban J connectivity index is 2.05. The first-order chi connectivity index (χ1) is 11.7. The number of esters is 1. The van der Waals surface area contributed by atoms with Gasteiger partial charge in [-0.15, -0.1) is 0 Å². The van der Waals surface area contributed by atoms with Gasteiger partial charge in [0.15, 0.2) is 6.61 Å². The largest absolute Gasteiger partial charge is 0.497 e. The maximum absolute atomic E-state index is 11.5. The first kappa shape index (κ1) is 19.8. The summed E-state index contributed by atoms with van der Waals surface area (Å²) in [6.45, 7) is 2.91. The lowest BCUT2D eigenvalue weighted by Crippen LogP contribution is -2.29. The molecule has 6 heteroatoms. The number of nitrogens with one attached hydrogen (secondary N) is 1. The van der Waals surface area contributed by atoms with Gasteiger partial charge in [0.05, 0.1) is 13.7 Å². The summed E-state index contributed by atoms with van der Waals surface area (Å²) < 4.78 is 15.5. The molecule has 134 valence electrons. The van der Waals surface area contributed by atoms with Gasteiger partial charge in [-0.25, -0.2) is 0 Å². The van der Waals surface area contributed by atoms with E-state index in [1.807, 2.05) is 12.1 Å². The molecule has 0 bridgehead atoms. The molecule has 1 amide bonds. The van der Waals surface area contributed by atoms with E-state index in [1.54, 1.807) is 19.2 Å². The molecule has 1 rings (SSSR count). The summed E-state index contributed by atoms with van der Waals surface area (Å²) in [5, 5.41) is 2.72. The van der Waals surface area contributed by atoms with Crippen LogP contribution in [-0.2, 0) is 14.3 Å². The van der Waals surface area contributed by atoms with Crippen LogP contribution in [0.1, 0.15) is 39.0 Å². The number of ether oxygens (including phenoxy) is 3. The van der Waals surface area contributed by atoms with Crippen LogP contribution in [0.25, 0.3) is 0 Å². The van der Waals surface area contributed by atoms with Gasteiger partial charge in [-0.2, -0.15) is 0 Å². The van der Waals surface area contributed by atoms with Crippen molar-refractivity contribution in [1.29, 1.82) is 0 Å². The number of hydrogen-bond acceptors (Lipinski definition) is 5. The van der Waals surface area contributed by atoms with Crippen LogP contribution in [0.2, 0.25) is 0 Å². The average molecular weight is 337 g/mol. The molecular weight excluding hydrogens is 310 g/mol. The fraction of sp³-hybridized carbons (Fsp3) is 0.556. The summed E-state index contributed by atoms with van der Waals surface area (Å²) in [5.41, 5.74) is 0. The Bertz CT molecular complexity index is 487. The van der Waals surface area contributed by atoms with Gasteiger partial charge in [0.25, 0.3) is 5.91 Å². The summed E-state index contributed by atoms with van der Waals surface area (Å²) in [6.07, 6.45) is 3.87. The van der Waals surface area contributed by atoms with Gasteiger partial charge in [-0.3, -0.25) is 9.59 Å². The third-order valence-electron chi connectivity index (χ3n) is 3.32. The van der Waals surface area contributed by atoms with Crippen LogP contribution in [-0.4, -0.2) is 38.7 Å². The molecule has 0 aromatic heterocycles. The van der Waals surface area contributed by atoms with Crippen molar-refractivity contribution in [2.24, 2.45) is 0 Å². The molecule has 0 saturated carbocycles. The zero-order valence-corrected chi connectivity index (χ0v) is 14.5. The van der Waals surface area contributed by atoms with Crippen molar-refractivity contribution in [1.82, 2.24) is 5.32 Å². The van der Waals surface area contributed by atoms with Crippen molar-refractivity contribution in [3.8, 4) is 11.5 Å². The highest BCUT2D eigenvalue weighted by Crippen LogP contribution is 2.17. The molecule has 0 atom stereocenters. The Kier molecular flexibility index (Phi) is 10.1. The number of carbonyl (C=O) groups excluding carboxylic acids is 2. The molecule has 0 heterocycles. The Labute approximate surface area is 143 Å². The van der Waals surface area contributed by atoms with E-state index in [4.69, 9.17) is 14.2 Å². The monoisotopic (exact) mass is 337 g/mol. The number of methoxy groups -OCH3 is 1. The van der Waals surface area contributed by atoms with Crippen LogP contribution < -0.4 is 14.8 Å². The quantitative estimate of drug-likeness (QED) is 0.469. The van der Waals surface area contributed by atoms with Gasteiger partial charge in [0.2, 0.25) is 0 Å². The molecule has 6 nitrogen and oxygen atoms in total. The van der Waals surface area contributed by atoms with Gasteiger partial charge in [-0.1, -0.05) is 19.8 Å². The topological polar surface area (TPSA) is 73.9 Å². The molecule has 1 aromatic rings. The van der Waals surface area contributed by atoms with Crippen molar-refractivity contribution in [3.63, 3.8) is 0 Å². The van der Waals surface area contributed by atoms with E-state index in [2.05, 4.69) is 12.2 Å². The second-order valence-electron chi connectivity index (χ2n) is 5.35. The molecule has 1 N–H and O–H groups in total. The molecule has 1 aromatic carbocycles. The third kappa shape index (κ3) is 9.02. The van der Waals surface area contributed by atoms with Crippen LogP contribution in [0.4, 0.5) is 0 Å². The average Bonchev–Trinajstić information content (AvgIpc) is 2.61. The predicted octanol–water partition coefficient (Wildman–Crippen LogP) is 2.70. The third-order valence-corrected chi connectivity index (χ3v) is 3.32. The molecule has 0 aliphatic heterocycles. The van der Waals surface area contributed by atoms with Gasteiger partial charge in [-0.05, 0) is 37.1 Å². The summed E-state index contributed by atoms with van der Waals surface area (Å²) in [6, 6.07) is 7.23. The van der Waals surface area contributed by atoms with Crippen molar-refractivity contribution in [3.05, 3.63) is 24.3 Å². The van der Waals surface area contributed by atoms with E-state index < -0.39 is 5.97 Å². The highest BCUT2D eigenvalue weighted by atomic mass is 16.5. The van der Waals surface area contributed by atoms with E-state index in [-0.39, 0.29) is 18.9 Å². The minimum absolute atomic E-state index is 0.218. The Hall–Kier alpha value is -2.24. The molecule has 0 aliphatic carbocycles. The zero-order chi connectivity index (χ0) is 17.6. The van der Waals surface area contributed by atoms with Crippen LogP contribution in [0.5, 0.6) is 11.5 Å². The highest BCUT2D eigenvalue weighted by molar-refractivity contribution is 5.80. The van der Waals surface area contributed by atoms with Crippen LogP contribution in [0.15, 0.2) is 24.3 Å². The summed E-state index contributed by atoms with van der Waals surface area (Å²) in [4.78, 5) is 23.0. The van der Waals surface area contributed by atoms with Crippen molar-refractivity contribution in [2.45, 2.75) is 39.0 Å². The molecule has 0 saturated heterocycles. The summed E-state index contributed by atoms with van der Waals surface area (Å²) in [7, 11) is 1.60. The minimum atomic E-state index is -0.392. The van der Waals surface area contributed by atoms with E-state index in [9.17, 15) is 9.59 Å². The SMILES string of the molecule is CCCCCNC(=O)COC(=O)CCCOc1ccc(OC)cc1. The molecule has 0 fully saturated rings. The number of rotatable bonds is 12. The fourth-order valence-corrected chi connectivity index (χ4v) is 1.95. The smallest absolute Gasteiger partial charge is 0.306 e. The van der Waals surface area contributed by atoms with Gasteiger partial charge in [0.1, 0.15) is 11.5 Å². The van der Waals surface area contributed by atoms with Gasteiger partial charge < -0.3 is 19.5 Å². The zero-order valence-electron chi connectivity index (χ0n) is 14.5. The molecule has 24 heavy (non-hydrogen) atoms. The highest BCUT2D eigenvalue weighted by Gasteiger charge is 2.07. The lowest BCUT2D eigenvalue weighted by atomic mass is 10.2. The van der Waals surface area contributed by atoms with E-state index in [1.165, 1.54) is 0 Å². The molecule has 0 unspecified atom stereocenters. The first-order valence-electron chi connectivity index (χ1n) is 8.35. The van der Waals surface area contributed by atoms with Crippen LogP contribution in [0, 0.1) is 0 Å². The Morgan fingerprint density at radius 1 is 1.04 bits per heavy atom. The normalized spacial score (nSPS) is 10.1. The van der Waals surface area contributed by atoms with Gasteiger partial charge >= 0.3 is 5.97 Å². The van der Waals surface area contributed by atoms with Crippen LogP contribution >= 0.6 is 0 Å². The molecule has 0 spiro atoms. The second kappa shape index (κ2) is 12.2. The lowest BCUT2D eigenvalue weighted by Gasteiger charge is -2.08. The summed E-state index contributed by atoms with van der Waals surface area (Å²) in [5.74, 6) is 0.834.